The van der Waals surface area contributed by atoms with Crippen LogP contribution in [-0.2, 0) is 19.9 Å². The molecule has 0 fully saturated rings. The van der Waals surface area contributed by atoms with Gasteiger partial charge in [0.2, 0.25) is 0 Å². The van der Waals surface area contributed by atoms with Gasteiger partial charge in [0.25, 0.3) is 0 Å². The fraction of sp³-hybridized carbons (Fsp3) is 0.455. The number of benzene rings is 1. The summed E-state index contributed by atoms with van der Waals surface area (Å²) < 4.78 is 15.6. The molecule has 1 aromatic rings. The summed E-state index contributed by atoms with van der Waals surface area (Å²) in [5.41, 5.74) is 1.34. The number of hydrogen-bond donors (Lipinski definition) is 0. The topological polar surface area (TPSA) is 27.7 Å². The normalized spacial score (nSPS) is 11.7. The third kappa shape index (κ3) is 5.08. The Morgan fingerprint density at radius 1 is 1.13 bits per heavy atom. The van der Waals surface area contributed by atoms with Crippen molar-refractivity contribution in [3.05, 3.63) is 35.9 Å². The van der Waals surface area contributed by atoms with Crippen LogP contribution >= 0.6 is 0 Å². The van der Waals surface area contributed by atoms with E-state index in [1.807, 2.05) is 6.07 Å². The summed E-state index contributed by atoms with van der Waals surface area (Å²) in [5.74, 6) is 0. The van der Waals surface area contributed by atoms with E-state index in [4.69, 9.17) is 13.9 Å². The Labute approximate surface area is 93.3 Å². The van der Waals surface area contributed by atoms with Crippen LogP contribution in [0.4, 0.5) is 0 Å². The first-order valence-electron chi connectivity index (χ1n) is 5.04. The summed E-state index contributed by atoms with van der Waals surface area (Å²) in [6.45, 7) is 0.534. The number of methoxy groups -OCH3 is 2. The first kappa shape index (κ1) is 12.4. The Bertz CT molecular complexity index is 249. The smallest absolute Gasteiger partial charge is 0.178 e. The van der Waals surface area contributed by atoms with E-state index >= 15 is 0 Å². The summed E-state index contributed by atoms with van der Waals surface area (Å²) in [7, 11) is 2.73. The fourth-order valence-corrected chi connectivity index (χ4v) is 2.32. The highest BCUT2D eigenvalue weighted by molar-refractivity contribution is 6.26. The first-order valence-corrected chi connectivity index (χ1v) is 6.62. The average Bonchev–Trinajstić information content (AvgIpc) is 2.31. The third-order valence-corrected chi connectivity index (χ3v) is 3.46. The number of rotatable bonds is 7. The van der Waals surface area contributed by atoms with Crippen molar-refractivity contribution in [1.82, 2.24) is 0 Å². The molecule has 0 aliphatic heterocycles. The van der Waals surface area contributed by atoms with E-state index in [1.54, 1.807) is 14.2 Å². The minimum atomic E-state index is -0.508. The van der Waals surface area contributed by atoms with Crippen LogP contribution in [0.5, 0.6) is 0 Å². The molecule has 0 aromatic heterocycles. The fourth-order valence-electron chi connectivity index (χ4n) is 1.25. The van der Waals surface area contributed by atoms with Crippen LogP contribution in [0.25, 0.3) is 0 Å². The van der Waals surface area contributed by atoms with Crippen molar-refractivity contribution in [1.29, 1.82) is 0 Å². The molecule has 0 radical (unpaired) electrons. The maximum atomic E-state index is 5.57. The van der Waals surface area contributed by atoms with Crippen LogP contribution in [0, 0.1) is 0 Å². The molecule has 0 atom stereocenters. The molecule has 0 unspecified atom stereocenters. The van der Waals surface area contributed by atoms with Gasteiger partial charge >= 0.3 is 0 Å². The second-order valence-electron chi connectivity index (χ2n) is 3.21. The van der Waals surface area contributed by atoms with Crippen LogP contribution in [-0.4, -0.2) is 36.9 Å². The van der Waals surface area contributed by atoms with Crippen molar-refractivity contribution in [2.24, 2.45) is 0 Å². The second kappa shape index (κ2) is 7.59. The minimum Gasteiger partial charge on any atom is -0.418 e. The van der Waals surface area contributed by atoms with Gasteiger partial charge in [-0.1, -0.05) is 30.3 Å². The van der Waals surface area contributed by atoms with Gasteiger partial charge < -0.3 is 13.9 Å². The average molecular weight is 226 g/mol. The zero-order valence-electron chi connectivity index (χ0n) is 9.31. The van der Waals surface area contributed by atoms with E-state index in [1.165, 1.54) is 5.56 Å². The van der Waals surface area contributed by atoms with Crippen molar-refractivity contribution >= 4 is 9.76 Å². The first-order chi connectivity index (χ1) is 7.36. The summed E-state index contributed by atoms with van der Waals surface area (Å²) in [4.78, 5) is 0. The summed E-state index contributed by atoms with van der Waals surface area (Å²) in [5, 5.41) is 0. The maximum Gasteiger partial charge on any atom is 0.178 e. The predicted octanol–water partition coefficient (Wildman–Crippen LogP) is 0.906. The molecule has 0 aliphatic rings. The predicted molar refractivity (Wildman–Crippen MR) is 62.4 cm³/mol. The van der Waals surface area contributed by atoms with E-state index in [-0.39, 0.29) is 6.29 Å². The van der Waals surface area contributed by atoms with Gasteiger partial charge in [0, 0.05) is 14.2 Å². The van der Waals surface area contributed by atoms with Crippen LogP contribution in [0.1, 0.15) is 5.56 Å². The van der Waals surface area contributed by atoms with Gasteiger partial charge in [0.1, 0.15) is 0 Å². The highest BCUT2D eigenvalue weighted by atomic mass is 28.2. The SMILES string of the molecule is COC(CO[SiH2]Cc1ccccc1)OC. The lowest BCUT2D eigenvalue weighted by Crippen LogP contribution is -2.21. The van der Waals surface area contributed by atoms with Crippen LogP contribution in [0.15, 0.2) is 30.3 Å². The minimum absolute atomic E-state index is 0.228. The largest absolute Gasteiger partial charge is 0.418 e. The molecule has 0 saturated heterocycles. The molecule has 0 amide bonds. The number of hydrogen-bond acceptors (Lipinski definition) is 3. The monoisotopic (exact) mass is 226 g/mol. The van der Waals surface area contributed by atoms with Gasteiger partial charge in [-0.2, -0.15) is 0 Å². The lowest BCUT2D eigenvalue weighted by molar-refractivity contribution is -0.122. The molecule has 3 nitrogen and oxygen atoms in total. The Kier molecular flexibility index (Phi) is 6.27. The summed E-state index contributed by atoms with van der Waals surface area (Å²) in [6, 6.07) is 11.4. The molecular weight excluding hydrogens is 208 g/mol. The molecule has 4 heteroatoms. The molecule has 0 heterocycles. The Hall–Kier alpha value is -0.683. The van der Waals surface area contributed by atoms with Crippen molar-refractivity contribution in [3.63, 3.8) is 0 Å². The zero-order chi connectivity index (χ0) is 10.9. The van der Waals surface area contributed by atoms with Crippen molar-refractivity contribution in [2.45, 2.75) is 12.3 Å². The number of ether oxygens (including phenoxy) is 2. The van der Waals surface area contributed by atoms with Gasteiger partial charge in [0.05, 0.1) is 6.61 Å². The molecule has 0 aliphatic carbocycles. The van der Waals surface area contributed by atoms with E-state index in [2.05, 4.69) is 24.3 Å². The second-order valence-corrected chi connectivity index (χ2v) is 4.53. The zero-order valence-corrected chi connectivity index (χ0v) is 10.7. The van der Waals surface area contributed by atoms with Crippen molar-refractivity contribution < 1.29 is 13.9 Å². The van der Waals surface area contributed by atoms with E-state index in [0.29, 0.717) is 6.61 Å². The molecule has 0 N–H and O–H groups in total. The molecule has 0 spiro atoms. The highest BCUT2D eigenvalue weighted by Crippen LogP contribution is 1.99. The summed E-state index contributed by atoms with van der Waals surface area (Å²) in [6.07, 6.45) is -0.228. The molecule has 0 bridgehead atoms. The Balaban J connectivity index is 2.12. The molecular formula is C11H18O3Si. The van der Waals surface area contributed by atoms with Gasteiger partial charge in [-0.25, -0.2) is 0 Å². The molecule has 1 aromatic carbocycles. The molecule has 15 heavy (non-hydrogen) atoms. The van der Waals surface area contributed by atoms with Gasteiger partial charge in [0.15, 0.2) is 16.1 Å². The third-order valence-electron chi connectivity index (χ3n) is 2.16. The van der Waals surface area contributed by atoms with E-state index in [9.17, 15) is 0 Å². The van der Waals surface area contributed by atoms with Gasteiger partial charge in [-0.05, 0) is 11.6 Å². The van der Waals surface area contributed by atoms with Crippen molar-refractivity contribution in [2.75, 3.05) is 20.8 Å². The maximum absolute atomic E-state index is 5.57. The Morgan fingerprint density at radius 2 is 1.80 bits per heavy atom. The Morgan fingerprint density at radius 3 is 2.40 bits per heavy atom. The lowest BCUT2D eigenvalue weighted by Gasteiger charge is -2.13. The van der Waals surface area contributed by atoms with Crippen molar-refractivity contribution in [3.8, 4) is 0 Å². The standard InChI is InChI=1S/C11H18O3Si/c1-12-11(13-2)8-14-15-9-10-6-4-3-5-7-10/h3-7,11H,8-9,15H2,1-2H3. The highest BCUT2D eigenvalue weighted by Gasteiger charge is 2.03. The van der Waals surface area contributed by atoms with Gasteiger partial charge in [-0.15, -0.1) is 0 Å². The van der Waals surface area contributed by atoms with Crippen LogP contribution < -0.4 is 0 Å². The van der Waals surface area contributed by atoms with Gasteiger partial charge in [-0.3, -0.25) is 0 Å². The molecule has 1 rings (SSSR count). The molecule has 0 saturated carbocycles. The summed E-state index contributed by atoms with van der Waals surface area (Å²) >= 11 is 0. The van der Waals surface area contributed by atoms with E-state index in [0.717, 1.165) is 6.04 Å². The van der Waals surface area contributed by atoms with E-state index < -0.39 is 9.76 Å². The lowest BCUT2D eigenvalue weighted by atomic mass is 10.2. The van der Waals surface area contributed by atoms with Crippen LogP contribution in [0.2, 0.25) is 0 Å². The quantitative estimate of drug-likeness (QED) is 0.393. The molecule has 84 valence electrons. The van der Waals surface area contributed by atoms with Crippen LogP contribution in [0.3, 0.4) is 0 Å².